The van der Waals surface area contributed by atoms with E-state index in [1.807, 2.05) is 20.8 Å². The van der Waals surface area contributed by atoms with E-state index >= 15 is 0 Å². The van der Waals surface area contributed by atoms with Gasteiger partial charge in [0, 0.05) is 23.1 Å². The Morgan fingerprint density at radius 2 is 1.78 bits per heavy atom. The van der Waals surface area contributed by atoms with Crippen LogP contribution >= 0.6 is 52.0 Å². The number of hydrogen-bond donors (Lipinski definition) is 3. The zero-order valence-electron chi connectivity index (χ0n) is 10.4. The molecule has 1 amide bonds. The summed E-state index contributed by atoms with van der Waals surface area (Å²) in [6.07, 6.45) is 0.254. The number of alkyl halides is 2. The van der Waals surface area contributed by atoms with Crippen LogP contribution in [0.1, 0.15) is 27.2 Å². The Balaban J connectivity index is 4.71. The minimum Gasteiger partial charge on any atom is -0.286 e. The maximum Gasteiger partial charge on any atom is 0.308 e. The van der Waals surface area contributed by atoms with Crippen molar-refractivity contribution in [3.63, 3.8) is 0 Å². The van der Waals surface area contributed by atoms with Crippen molar-refractivity contribution in [2.75, 3.05) is 0 Å². The van der Waals surface area contributed by atoms with Gasteiger partial charge in [0.1, 0.15) is 0 Å². The third-order valence-electron chi connectivity index (χ3n) is 2.56. The van der Waals surface area contributed by atoms with Gasteiger partial charge in [-0.25, -0.2) is 0 Å². The third-order valence-corrected chi connectivity index (χ3v) is 8.01. The normalized spacial score (nSPS) is 14.7. The van der Waals surface area contributed by atoms with Crippen LogP contribution < -0.4 is 15.4 Å². The number of carbonyl (C=O) groups excluding carboxylic acids is 1. The van der Waals surface area contributed by atoms with Crippen molar-refractivity contribution >= 4 is 57.9 Å². The standard InChI is InChI=1S/C8H18Cl2N3O2PS2/c1-5(2)6(3)4-8(9,10)7(14)13-16(15,17-11)18-12/h5-6H,4,11-12H2,1-3H3,(H,13,14,15). The maximum atomic E-state index is 11.9. The van der Waals surface area contributed by atoms with Gasteiger partial charge in [-0.05, 0) is 18.3 Å². The van der Waals surface area contributed by atoms with E-state index in [2.05, 4.69) is 5.09 Å². The van der Waals surface area contributed by atoms with E-state index in [0.29, 0.717) is 29.1 Å². The van der Waals surface area contributed by atoms with Crippen molar-refractivity contribution in [2.45, 2.75) is 31.5 Å². The zero-order chi connectivity index (χ0) is 14.6. The van der Waals surface area contributed by atoms with Crippen molar-refractivity contribution in [3.8, 4) is 0 Å². The second kappa shape index (κ2) is 7.62. The summed E-state index contributed by atoms with van der Waals surface area (Å²) >= 11 is 12.9. The molecule has 0 radical (unpaired) electrons. The highest BCUT2D eigenvalue weighted by Gasteiger charge is 2.39. The molecule has 10 heteroatoms. The van der Waals surface area contributed by atoms with Crippen LogP contribution in [0, 0.1) is 11.8 Å². The van der Waals surface area contributed by atoms with Gasteiger partial charge in [0.05, 0.1) is 0 Å². The van der Waals surface area contributed by atoms with E-state index in [0.717, 1.165) is 0 Å². The number of carbonyl (C=O) groups is 1. The summed E-state index contributed by atoms with van der Waals surface area (Å²) in [5.41, 5.74) is -3.28. The molecule has 0 bridgehead atoms. The van der Waals surface area contributed by atoms with Crippen molar-refractivity contribution in [2.24, 2.45) is 22.1 Å². The van der Waals surface area contributed by atoms with Crippen LogP contribution in [0.2, 0.25) is 0 Å². The summed E-state index contributed by atoms with van der Waals surface area (Å²) < 4.78 is 10.2. The van der Waals surface area contributed by atoms with E-state index in [9.17, 15) is 9.36 Å². The molecule has 0 aromatic carbocycles. The van der Waals surface area contributed by atoms with Crippen molar-refractivity contribution in [1.29, 1.82) is 0 Å². The van der Waals surface area contributed by atoms with Crippen LogP contribution in [0.25, 0.3) is 0 Å². The number of nitrogens with one attached hydrogen (secondary N) is 1. The number of amides is 1. The SMILES string of the molecule is CC(C)C(C)CC(Cl)(Cl)C(=O)NP(=O)(SN)SN. The van der Waals surface area contributed by atoms with Gasteiger partial charge in [0.25, 0.3) is 5.91 Å². The van der Waals surface area contributed by atoms with Crippen LogP contribution in [0.3, 0.4) is 0 Å². The van der Waals surface area contributed by atoms with Gasteiger partial charge < -0.3 is 0 Å². The summed E-state index contributed by atoms with van der Waals surface area (Å²) in [5.74, 6) is -0.270. The second-order valence-electron chi connectivity index (χ2n) is 4.28. The lowest BCUT2D eigenvalue weighted by Gasteiger charge is -2.26. The molecular weight excluding hydrogens is 336 g/mol. The fourth-order valence-electron chi connectivity index (χ4n) is 1.02. The molecule has 5 nitrogen and oxygen atoms in total. The summed E-state index contributed by atoms with van der Waals surface area (Å²) in [7, 11) is 0. The number of hydrogen-bond acceptors (Lipinski definition) is 6. The number of rotatable bonds is 7. The fourth-order valence-corrected chi connectivity index (χ4v) is 3.73. The highest BCUT2D eigenvalue weighted by molar-refractivity contribution is 8.89. The summed E-state index contributed by atoms with van der Waals surface area (Å²) in [6.45, 7) is 5.94. The van der Waals surface area contributed by atoms with Crippen LogP contribution in [-0.2, 0) is 9.36 Å². The van der Waals surface area contributed by atoms with Crippen molar-refractivity contribution in [3.05, 3.63) is 0 Å². The molecule has 0 saturated heterocycles. The summed E-state index contributed by atoms with van der Waals surface area (Å²) in [4.78, 5) is 11.9. The van der Waals surface area contributed by atoms with E-state index in [1.54, 1.807) is 0 Å². The fraction of sp³-hybridized carbons (Fsp3) is 0.875. The molecule has 0 aliphatic carbocycles. The smallest absolute Gasteiger partial charge is 0.286 e. The van der Waals surface area contributed by atoms with Crippen molar-refractivity contribution < 1.29 is 9.36 Å². The Hall–Kier alpha value is 0.900. The first-order valence-electron chi connectivity index (χ1n) is 5.15. The molecular formula is C8H18Cl2N3O2PS2. The van der Waals surface area contributed by atoms with Gasteiger partial charge in [0.2, 0.25) is 0 Å². The average molecular weight is 354 g/mol. The minimum absolute atomic E-state index is 0.140. The predicted octanol–water partition coefficient (Wildman–Crippen LogP) is 3.28. The van der Waals surface area contributed by atoms with Gasteiger partial charge in [0.15, 0.2) is 4.33 Å². The quantitative estimate of drug-likeness (QED) is 0.369. The van der Waals surface area contributed by atoms with Crippen molar-refractivity contribution in [1.82, 2.24) is 5.09 Å². The van der Waals surface area contributed by atoms with E-state index in [1.165, 1.54) is 0 Å². The van der Waals surface area contributed by atoms with Crippen LogP contribution in [-0.4, -0.2) is 10.2 Å². The topological polar surface area (TPSA) is 98.2 Å². The Bertz CT molecular complexity index is 336. The lowest BCUT2D eigenvalue weighted by molar-refractivity contribution is -0.120. The largest absolute Gasteiger partial charge is 0.308 e. The Morgan fingerprint density at radius 1 is 1.33 bits per heavy atom. The van der Waals surface area contributed by atoms with E-state index < -0.39 is 15.9 Å². The molecule has 0 heterocycles. The molecule has 0 spiro atoms. The predicted molar refractivity (Wildman–Crippen MR) is 82.4 cm³/mol. The van der Waals surface area contributed by atoms with Gasteiger partial charge in [-0.3, -0.25) is 24.7 Å². The van der Waals surface area contributed by atoms with E-state index in [-0.39, 0.29) is 12.3 Å². The molecule has 5 N–H and O–H groups in total. The molecule has 108 valence electrons. The van der Waals surface area contributed by atoms with Gasteiger partial charge in [-0.15, -0.1) is 0 Å². The first-order chi connectivity index (χ1) is 8.08. The molecule has 0 rings (SSSR count). The number of halogens is 2. The lowest BCUT2D eigenvalue weighted by Crippen LogP contribution is -2.38. The number of nitrogens with two attached hydrogens (primary N) is 2. The molecule has 0 aromatic rings. The van der Waals surface area contributed by atoms with Gasteiger partial charge in [-0.1, -0.05) is 44.0 Å². The monoisotopic (exact) mass is 353 g/mol. The van der Waals surface area contributed by atoms with Crippen LogP contribution in [0.15, 0.2) is 0 Å². The zero-order valence-corrected chi connectivity index (χ0v) is 14.4. The first kappa shape index (κ1) is 18.9. The summed E-state index contributed by atoms with van der Waals surface area (Å²) in [6, 6.07) is 0. The molecule has 0 fully saturated rings. The Kier molecular flexibility index (Phi) is 8.00. The lowest BCUT2D eigenvalue weighted by atomic mass is 9.93. The molecule has 0 aromatic heterocycles. The molecule has 0 saturated carbocycles. The highest BCUT2D eigenvalue weighted by atomic mass is 35.5. The maximum absolute atomic E-state index is 11.9. The van der Waals surface area contributed by atoms with Gasteiger partial charge >= 0.3 is 5.70 Å². The minimum atomic E-state index is -3.28. The Morgan fingerprint density at radius 3 is 2.11 bits per heavy atom. The van der Waals surface area contributed by atoms with E-state index in [4.69, 9.17) is 33.5 Å². The second-order valence-corrected chi connectivity index (χ2v) is 12.4. The molecule has 1 unspecified atom stereocenters. The highest BCUT2D eigenvalue weighted by Crippen LogP contribution is 2.60. The van der Waals surface area contributed by atoms with Gasteiger partial charge in [-0.2, -0.15) is 0 Å². The average Bonchev–Trinajstić information content (AvgIpc) is 2.27. The van der Waals surface area contributed by atoms with Crippen LogP contribution in [0.4, 0.5) is 0 Å². The molecule has 1 atom stereocenters. The Labute approximate surface area is 126 Å². The molecule has 18 heavy (non-hydrogen) atoms. The molecule has 0 aliphatic heterocycles. The molecule has 0 aliphatic rings. The summed E-state index contributed by atoms with van der Waals surface area (Å²) in [5, 5.41) is 12.6. The third kappa shape index (κ3) is 5.90. The first-order valence-corrected chi connectivity index (χ1v) is 10.6. The van der Waals surface area contributed by atoms with Crippen LogP contribution in [0.5, 0.6) is 0 Å².